The van der Waals surface area contributed by atoms with Crippen molar-refractivity contribution in [2.45, 2.75) is 343 Å². The summed E-state index contributed by atoms with van der Waals surface area (Å²) in [6.07, 6.45) is 17.7. The zero-order chi connectivity index (χ0) is 90.6. The molecule has 2 heterocycles. The van der Waals surface area contributed by atoms with Gasteiger partial charge in [-0.1, -0.05) is 105 Å². The van der Waals surface area contributed by atoms with Crippen molar-refractivity contribution in [3.63, 3.8) is 0 Å². The van der Waals surface area contributed by atoms with Gasteiger partial charge in [-0.05, 0) is 232 Å². The number of nitrogens with one attached hydrogen (secondary N) is 7. The molecule has 0 aromatic carbocycles. The Morgan fingerprint density at radius 2 is 0.850 bits per heavy atom. The number of hydrogen-bond donors (Lipinski definition) is 16. The van der Waals surface area contributed by atoms with Gasteiger partial charge in [0.25, 0.3) is 0 Å². The summed E-state index contributed by atoms with van der Waals surface area (Å²) < 4.78 is 66.2. The molecule has 2 fully saturated rings. The van der Waals surface area contributed by atoms with E-state index >= 15 is 0 Å². The number of carbonyl (C=O) groups is 9. The van der Waals surface area contributed by atoms with Crippen LogP contribution in [0.5, 0.6) is 0 Å². The Bertz CT molecular complexity index is 3700. The standard InChI is InChI=1S/C84H140N8O26P2/c1-51(2)27-19-28-52(3)29-20-30-53(4)31-21-32-54(5)33-22-34-55(6)35-23-36-56(7)37-24-38-57(8)39-25-40-58(9)41-26-42-59(10)46-48-112-119(108,109)118-120(110,111)117-84-72(90-65(16)96)76(75(69(50-94)115-84)116-83-71(89-64(15)95)74(99)73(98)68(49-93)114-83)113-63(14)79(102)86-61(12)78(101)92-67(82(106)107)44-45-70(97)91-66(43-17-18-47-85)80(103)87-60(11)77(100)88-62(13)81(104)105/h27,29,31,33,35,37,39,41,46,60-63,66-69,71-76,83-84,93-94,98-99H,17-26,28,30,32,34,36,38,40,42-45,47-50,85H2,1-16H3,(H,86,102)(H,87,103)(H,88,100)(H,89,95)(H,90,96)(H,91,97)(H,92,101)(H,104,105)(H,106,107)(H,108,109)(H,110,111)/b52-29+,53-31+,54-33+,55-35+,56-37+,57-39+,58-41+,59-46+/t60-,61+,62-,63-,66+,67-,68-,69-,71-,72-,73-,74-,75-,76-,83+,84-/m1/s1. The van der Waals surface area contributed by atoms with Gasteiger partial charge in [0.1, 0.15) is 85.0 Å². The molecular formula is C84H140N8O26P2. The van der Waals surface area contributed by atoms with E-state index in [1.54, 1.807) is 6.92 Å². The smallest absolute Gasteiger partial charge is 0.480 e. The number of nitrogens with two attached hydrogens (primary N) is 1. The van der Waals surface area contributed by atoms with Gasteiger partial charge in [0.2, 0.25) is 41.4 Å². The number of carboxylic acids is 2. The van der Waals surface area contributed by atoms with Gasteiger partial charge >= 0.3 is 27.6 Å². The highest BCUT2D eigenvalue weighted by Gasteiger charge is 2.55. The summed E-state index contributed by atoms with van der Waals surface area (Å²) >= 11 is 0. The van der Waals surface area contributed by atoms with Crippen molar-refractivity contribution in [2.24, 2.45) is 5.73 Å². The lowest BCUT2D eigenvalue weighted by molar-refractivity contribution is -0.331. The number of ether oxygens (including phenoxy) is 4. The zero-order valence-electron chi connectivity index (χ0n) is 73.0. The second-order valence-corrected chi connectivity index (χ2v) is 34.5. The average molecular weight is 1740 g/mol. The van der Waals surface area contributed by atoms with E-state index in [-0.39, 0.29) is 13.0 Å². The highest BCUT2D eigenvalue weighted by atomic mass is 31.3. The van der Waals surface area contributed by atoms with E-state index in [1.807, 2.05) is 6.92 Å². The SMILES string of the molecule is CC(=O)N[C@H]1[C@H](O[C@H]2[C@H](O[C@H](C)C(=O)N[C@@H](C)C(=O)N[C@H](CCC(=O)N[C@@H](CCCCN)C(=O)N[C@H](C)C(=O)N[C@H](C)C(=O)O)C(=O)O)[C@@H](NC(C)=O)[C@@H](OP(=O)(O)OP(=O)(O)OC/C=C(\C)CC/C=C(\C)CC/C=C(\C)CC/C=C(\C)CC/C=C(\C)CC/C=C(\C)CC/C=C(\C)CC/C=C(\C)CCC=C(C)C)O[C@@H]2CO)O[C@H](CO)[C@@H](O)[C@@H]1O. The largest absolute Gasteiger partial charge is 0.483 e. The molecule has 0 spiro atoms. The molecule has 34 nitrogen and oxygen atoms in total. The second-order valence-electron chi connectivity index (χ2n) is 31.5. The van der Waals surface area contributed by atoms with Crippen LogP contribution in [0.3, 0.4) is 0 Å². The minimum Gasteiger partial charge on any atom is -0.480 e. The highest BCUT2D eigenvalue weighted by Crippen LogP contribution is 2.61. The van der Waals surface area contributed by atoms with Gasteiger partial charge in [-0.25, -0.2) is 13.9 Å². The lowest BCUT2D eigenvalue weighted by atomic mass is 9.94. The summed E-state index contributed by atoms with van der Waals surface area (Å²) in [7, 11) is -11.5. The number of hydrogen-bond acceptors (Lipinski definition) is 23. The summed E-state index contributed by atoms with van der Waals surface area (Å²) in [5, 5.41) is 78.6. The zero-order valence-corrected chi connectivity index (χ0v) is 74.8. The van der Waals surface area contributed by atoms with E-state index in [2.05, 4.69) is 146 Å². The molecule has 0 saturated carbocycles. The molecule has 2 unspecified atom stereocenters. The van der Waals surface area contributed by atoms with E-state index in [4.69, 9.17) is 38.8 Å². The third kappa shape index (κ3) is 44.7. The van der Waals surface area contributed by atoms with Gasteiger partial charge in [0, 0.05) is 20.3 Å². The van der Waals surface area contributed by atoms with Gasteiger partial charge in [-0.15, -0.1) is 0 Å². The normalized spacial score (nSPS) is 23.0. The Hall–Kier alpha value is -7.21. The van der Waals surface area contributed by atoms with Crippen LogP contribution in [0.2, 0.25) is 0 Å². The van der Waals surface area contributed by atoms with Crippen molar-refractivity contribution in [3.05, 3.63) is 105 Å². The maximum Gasteiger partial charge on any atom is 0.483 e. The van der Waals surface area contributed by atoms with Gasteiger partial charge in [-0.2, -0.15) is 4.31 Å². The first-order valence-electron chi connectivity index (χ1n) is 41.3. The number of phosphoric acid groups is 2. The Morgan fingerprint density at radius 3 is 1.27 bits per heavy atom. The molecule has 2 rings (SSSR count). The van der Waals surface area contributed by atoms with Crippen LogP contribution in [0.15, 0.2) is 105 Å². The molecule has 2 saturated heterocycles. The van der Waals surface area contributed by atoms with Crippen LogP contribution in [-0.4, -0.2) is 218 Å². The van der Waals surface area contributed by atoms with Crippen molar-refractivity contribution in [2.75, 3.05) is 26.4 Å². The fraction of sp³-hybridized carbons (Fsp3) is 0.679. The number of carboxylic acid groups (broad SMARTS) is 2. The summed E-state index contributed by atoms with van der Waals surface area (Å²) in [5.74, 6) is -9.61. The monoisotopic (exact) mass is 1740 g/mol. The van der Waals surface area contributed by atoms with Crippen LogP contribution >= 0.6 is 15.6 Å². The van der Waals surface area contributed by atoms with E-state index in [0.29, 0.717) is 25.7 Å². The second kappa shape index (κ2) is 57.3. The number of rotatable bonds is 57. The van der Waals surface area contributed by atoms with E-state index in [1.165, 1.54) is 64.5 Å². The van der Waals surface area contributed by atoms with Crippen LogP contribution in [0.25, 0.3) is 0 Å². The van der Waals surface area contributed by atoms with Crippen molar-refractivity contribution < 1.29 is 125 Å². The lowest BCUT2D eigenvalue weighted by Crippen LogP contribution is -2.70. The number of carbonyl (C=O) groups excluding carboxylic acids is 7. The predicted molar refractivity (Wildman–Crippen MR) is 453 cm³/mol. The van der Waals surface area contributed by atoms with E-state index in [9.17, 15) is 87.6 Å². The maximum atomic E-state index is 14.1. The quantitative estimate of drug-likeness (QED) is 0.0153. The lowest BCUT2D eigenvalue weighted by Gasteiger charge is -2.49. The molecule has 0 aliphatic carbocycles. The number of amides is 7. The van der Waals surface area contributed by atoms with Gasteiger partial charge in [-0.3, -0.25) is 47.4 Å². The van der Waals surface area contributed by atoms with Crippen LogP contribution < -0.4 is 43.0 Å². The number of allylic oxidation sites excluding steroid dienone is 17. The van der Waals surface area contributed by atoms with Crippen LogP contribution in [0.4, 0.5) is 0 Å². The molecule has 0 aromatic rings. The molecule has 0 radical (unpaired) electrons. The van der Waals surface area contributed by atoms with Gasteiger partial charge in [0.15, 0.2) is 12.6 Å². The van der Waals surface area contributed by atoms with Crippen molar-refractivity contribution in [3.8, 4) is 0 Å². The molecule has 2 aliphatic rings. The Morgan fingerprint density at radius 1 is 0.442 bits per heavy atom. The highest BCUT2D eigenvalue weighted by molar-refractivity contribution is 7.61. The summed E-state index contributed by atoms with van der Waals surface area (Å²) in [4.78, 5) is 138. The number of unbranched alkanes of at least 4 members (excludes halogenated alkanes) is 1. The van der Waals surface area contributed by atoms with E-state index < -0.39 is 199 Å². The van der Waals surface area contributed by atoms with Crippen molar-refractivity contribution >= 4 is 68.9 Å². The molecule has 36 heteroatoms. The molecule has 0 bridgehead atoms. The molecule has 2 aliphatic heterocycles. The van der Waals surface area contributed by atoms with Crippen LogP contribution in [0, 0.1) is 0 Å². The molecule has 17 N–H and O–H groups in total. The Labute approximate surface area is 708 Å². The number of aliphatic carboxylic acids is 2. The predicted octanol–water partition coefficient (Wildman–Crippen LogP) is 8.90. The molecule has 120 heavy (non-hydrogen) atoms. The Balaban J connectivity index is 2.17. The van der Waals surface area contributed by atoms with Gasteiger partial charge < -0.3 is 102 Å². The van der Waals surface area contributed by atoms with Crippen LogP contribution in [0.1, 0.15) is 246 Å². The minimum atomic E-state index is -5.94. The van der Waals surface area contributed by atoms with Crippen molar-refractivity contribution in [1.82, 2.24) is 37.2 Å². The van der Waals surface area contributed by atoms with Crippen molar-refractivity contribution in [1.29, 1.82) is 0 Å². The number of aliphatic hydroxyl groups excluding tert-OH is 4. The number of aliphatic hydroxyl groups is 4. The molecule has 18 atom stereocenters. The van der Waals surface area contributed by atoms with Crippen LogP contribution in [-0.2, 0) is 84.6 Å². The molecule has 682 valence electrons. The summed E-state index contributed by atoms with van der Waals surface area (Å²) in [5.41, 5.74) is 17.4. The molecule has 7 amide bonds. The third-order valence-corrected chi connectivity index (χ3v) is 22.6. The fourth-order valence-electron chi connectivity index (χ4n) is 12.7. The maximum absolute atomic E-state index is 14.1. The topological polar surface area (TPSA) is 524 Å². The minimum absolute atomic E-state index is 0.0180. The first-order valence-corrected chi connectivity index (χ1v) is 44.3. The van der Waals surface area contributed by atoms with E-state index in [0.717, 1.165) is 123 Å². The first-order chi connectivity index (χ1) is 56.3. The molecule has 0 aromatic heterocycles. The average Bonchev–Trinajstić information content (AvgIpc) is 0.765. The summed E-state index contributed by atoms with van der Waals surface area (Å²) in [6, 6.07) is -11.0. The fourth-order valence-corrected chi connectivity index (χ4v) is 14.8. The van der Waals surface area contributed by atoms with Gasteiger partial charge in [0.05, 0.1) is 19.8 Å². The number of phosphoric ester groups is 2. The first kappa shape index (κ1) is 109. The summed E-state index contributed by atoms with van der Waals surface area (Å²) in [6.45, 7) is 25.5. The molecular weight excluding hydrogens is 1600 g/mol. The Kier molecular flexibility index (Phi) is 52.0. The third-order valence-electron chi connectivity index (χ3n) is 20.0.